The van der Waals surface area contributed by atoms with Crippen molar-refractivity contribution in [3.8, 4) is 0 Å². The van der Waals surface area contributed by atoms with Gasteiger partial charge >= 0.3 is 0 Å². The molecule has 0 aliphatic carbocycles. The fourth-order valence-electron chi connectivity index (χ4n) is 2.36. The van der Waals surface area contributed by atoms with E-state index in [4.69, 9.17) is 11.6 Å². The van der Waals surface area contributed by atoms with E-state index >= 15 is 0 Å². The second kappa shape index (κ2) is 4.62. The molecule has 2 rings (SSSR count). The van der Waals surface area contributed by atoms with Crippen LogP contribution < -0.4 is 5.32 Å². The monoisotopic (exact) mass is 282 g/mol. The van der Waals surface area contributed by atoms with Crippen LogP contribution in [0.5, 0.6) is 0 Å². The van der Waals surface area contributed by atoms with Crippen molar-refractivity contribution < 1.29 is 14.5 Å². The highest BCUT2D eigenvalue weighted by molar-refractivity contribution is 6.37. The lowest BCUT2D eigenvalue weighted by Crippen LogP contribution is -2.22. The van der Waals surface area contributed by atoms with Gasteiger partial charge < -0.3 is 0 Å². The molecule has 1 saturated heterocycles. The SMILES string of the molecule is Cc1ccc([N+](=O)[O-])c(C)c1C1C(=O)NC(=O)C1Cl. The molecule has 1 aromatic rings. The molecule has 0 aromatic heterocycles. The average Bonchev–Trinajstić information content (AvgIpc) is 2.55. The van der Waals surface area contributed by atoms with Gasteiger partial charge in [-0.05, 0) is 25.0 Å². The van der Waals surface area contributed by atoms with Gasteiger partial charge in [-0.15, -0.1) is 11.6 Å². The van der Waals surface area contributed by atoms with E-state index in [1.165, 1.54) is 6.07 Å². The number of carbonyl (C=O) groups is 2. The topological polar surface area (TPSA) is 89.3 Å². The lowest BCUT2D eigenvalue weighted by atomic mass is 9.88. The van der Waals surface area contributed by atoms with Crippen LogP contribution in [-0.2, 0) is 9.59 Å². The first kappa shape index (κ1) is 13.5. The van der Waals surface area contributed by atoms with E-state index in [-0.39, 0.29) is 5.69 Å². The number of nitro benzene ring substituents is 1. The molecule has 0 bridgehead atoms. The molecule has 19 heavy (non-hydrogen) atoms. The van der Waals surface area contributed by atoms with Gasteiger partial charge in [0.05, 0.1) is 10.8 Å². The van der Waals surface area contributed by atoms with Crippen LogP contribution in [0.4, 0.5) is 5.69 Å². The highest BCUT2D eigenvalue weighted by atomic mass is 35.5. The maximum Gasteiger partial charge on any atom is 0.272 e. The average molecular weight is 283 g/mol. The van der Waals surface area contributed by atoms with E-state index in [0.717, 1.165) is 0 Å². The Hall–Kier alpha value is -1.95. The molecule has 1 aliphatic heterocycles. The van der Waals surface area contributed by atoms with Crippen molar-refractivity contribution in [2.45, 2.75) is 25.1 Å². The minimum atomic E-state index is -1.04. The van der Waals surface area contributed by atoms with E-state index in [9.17, 15) is 19.7 Å². The number of nitrogens with zero attached hydrogens (tertiary/aromatic N) is 1. The first-order chi connectivity index (χ1) is 8.84. The molecule has 0 radical (unpaired) electrons. The van der Waals surface area contributed by atoms with Gasteiger partial charge in [-0.3, -0.25) is 25.0 Å². The smallest absolute Gasteiger partial charge is 0.272 e. The molecule has 0 spiro atoms. The van der Waals surface area contributed by atoms with Gasteiger partial charge in [-0.2, -0.15) is 0 Å². The summed E-state index contributed by atoms with van der Waals surface area (Å²) in [5.74, 6) is -1.97. The summed E-state index contributed by atoms with van der Waals surface area (Å²) in [6.45, 7) is 3.28. The third-order valence-electron chi connectivity index (χ3n) is 3.28. The van der Waals surface area contributed by atoms with Crippen molar-refractivity contribution in [1.82, 2.24) is 5.32 Å². The summed E-state index contributed by atoms with van der Waals surface area (Å²) >= 11 is 5.93. The molecule has 2 unspecified atom stereocenters. The molecule has 100 valence electrons. The number of rotatable bonds is 2. The van der Waals surface area contributed by atoms with Gasteiger partial charge in [0.15, 0.2) is 0 Å². The first-order valence-electron chi connectivity index (χ1n) is 5.58. The van der Waals surface area contributed by atoms with Gasteiger partial charge in [-0.25, -0.2) is 0 Å². The molecule has 2 amide bonds. The number of aryl methyl sites for hydroxylation is 1. The molecular formula is C12H11ClN2O4. The summed E-state index contributed by atoms with van der Waals surface area (Å²) in [5, 5.41) is 12.0. The highest BCUT2D eigenvalue weighted by Gasteiger charge is 2.43. The summed E-state index contributed by atoms with van der Waals surface area (Å²) in [4.78, 5) is 33.6. The van der Waals surface area contributed by atoms with E-state index in [2.05, 4.69) is 5.32 Å². The van der Waals surface area contributed by atoms with Gasteiger partial charge in [0, 0.05) is 11.6 Å². The predicted octanol–water partition coefficient (Wildman–Crippen LogP) is 1.56. The summed E-state index contributed by atoms with van der Waals surface area (Å²) in [5.41, 5.74) is 1.43. The fourth-order valence-corrected chi connectivity index (χ4v) is 2.65. The second-order valence-electron chi connectivity index (χ2n) is 4.43. The summed E-state index contributed by atoms with van der Waals surface area (Å²) in [6, 6.07) is 2.94. The van der Waals surface area contributed by atoms with Gasteiger partial charge in [0.25, 0.3) is 5.69 Å². The molecule has 1 N–H and O–H groups in total. The Bertz CT molecular complexity index is 600. The van der Waals surface area contributed by atoms with Crippen molar-refractivity contribution in [3.63, 3.8) is 0 Å². The van der Waals surface area contributed by atoms with Crippen LogP contribution in [0.1, 0.15) is 22.6 Å². The molecular weight excluding hydrogens is 272 g/mol. The number of nitrogens with one attached hydrogen (secondary N) is 1. The van der Waals surface area contributed by atoms with Crippen molar-refractivity contribution in [1.29, 1.82) is 0 Å². The Morgan fingerprint density at radius 3 is 2.37 bits per heavy atom. The largest absolute Gasteiger partial charge is 0.295 e. The van der Waals surface area contributed by atoms with Crippen LogP contribution in [0.15, 0.2) is 12.1 Å². The minimum Gasteiger partial charge on any atom is -0.295 e. The molecule has 6 nitrogen and oxygen atoms in total. The molecule has 2 atom stereocenters. The quantitative estimate of drug-likeness (QED) is 0.386. The number of carbonyl (C=O) groups excluding carboxylic acids is 2. The molecule has 0 saturated carbocycles. The van der Waals surface area contributed by atoms with Crippen molar-refractivity contribution in [3.05, 3.63) is 38.9 Å². The number of benzene rings is 1. The van der Waals surface area contributed by atoms with Crippen LogP contribution in [-0.4, -0.2) is 22.1 Å². The van der Waals surface area contributed by atoms with E-state index in [1.54, 1.807) is 19.9 Å². The zero-order chi connectivity index (χ0) is 14.3. The van der Waals surface area contributed by atoms with Crippen LogP contribution >= 0.6 is 11.6 Å². The standard InChI is InChI=1S/C12H11ClN2O4/c1-5-3-4-7(15(18)19)6(2)8(5)9-10(13)12(17)14-11(9)16/h3-4,9-10H,1-2H3,(H,14,16,17). The Kier molecular flexibility index (Phi) is 3.28. The summed E-state index contributed by atoms with van der Waals surface area (Å²) in [6.07, 6.45) is 0. The summed E-state index contributed by atoms with van der Waals surface area (Å²) in [7, 11) is 0. The van der Waals surface area contributed by atoms with Crippen molar-refractivity contribution >= 4 is 29.1 Å². The van der Waals surface area contributed by atoms with Crippen LogP contribution in [0.25, 0.3) is 0 Å². The normalized spacial score (nSPS) is 22.5. The number of hydrogen-bond acceptors (Lipinski definition) is 4. The molecule has 7 heteroatoms. The number of nitro groups is 1. The third kappa shape index (κ3) is 2.08. The van der Waals surface area contributed by atoms with Crippen molar-refractivity contribution in [2.24, 2.45) is 0 Å². The second-order valence-corrected chi connectivity index (χ2v) is 4.90. The van der Waals surface area contributed by atoms with Crippen LogP contribution in [0.3, 0.4) is 0 Å². The minimum absolute atomic E-state index is 0.0865. The Labute approximate surface area is 113 Å². The molecule has 1 aliphatic rings. The Morgan fingerprint density at radius 2 is 1.89 bits per heavy atom. The maximum atomic E-state index is 11.8. The van der Waals surface area contributed by atoms with Crippen molar-refractivity contribution in [2.75, 3.05) is 0 Å². The number of hydrogen-bond donors (Lipinski definition) is 1. The summed E-state index contributed by atoms with van der Waals surface area (Å²) < 4.78 is 0. The van der Waals surface area contributed by atoms with Gasteiger partial charge in [0.2, 0.25) is 11.8 Å². The first-order valence-corrected chi connectivity index (χ1v) is 6.01. The lowest BCUT2D eigenvalue weighted by Gasteiger charge is -2.16. The zero-order valence-electron chi connectivity index (χ0n) is 10.3. The van der Waals surface area contributed by atoms with E-state index in [1.807, 2.05) is 0 Å². The van der Waals surface area contributed by atoms with Gasteiger partial charge in [-0.1, -0.05) is 6.07 Å². The molecule has 1 heterocycles. The number of amides is 2. The van der Waals surface area contributed by atoms with E-state index < -0.39 is 28.0 Å². The highest BCUT2D eigenvalue weighted by Crippen LogP contribution is 2.36. The van der Waals surface area contributed by atoms with Crippen LogP contribution in [0.2, 0.25) is 0 Å². The Balaban J connectivity index is 2.62. The third-order valence-corrected chi connectivity index (χ3v) is 3.73. The zero-order valence-corrected chi connectivity index (χ0v) is 11.0. The molecule has 1 aromatic carbocycles. The molecule has 1 fully saturated rings. The lowest BCUT2D eigenvalue weighted by molar-refractivity contribution is -0.385. The van der Waals surface area contributed by atoms with Gasteiger partial charge in [0.1, 0.15) is 5.38 Å². The number of alkyl halides is 1. The number of imide groups is 1. The predicted molar refractivity (Wildman–Crippen MR) is 68.1 cm³/mol. The number of halogens is 1. The van der Waals surface area contributed by atoms with Crippen LogP contribution in [0, 0.1) is 24.0 Å². The Morgan fingerprint density at radius 1 is 1.26 bits per heavy atom. The van der Waals surface area contributed by atoms with E-state index in [0.29, 0.717) is 16.7 Å². The fraction of sp³-hybridized carbons (Fsp3) is 0.333. The maximum absolute atomic E-state index is 11.8.